The second-order valence-electron chi connectivity index (χ2n) is 4.36. The van der Waals surface area contributed by atoms with Gasteiger partial charge in [-0.1, -0.05) is 46.3 Å². The van der Waals surface area contributed by atoms with Crippen LogP contribution in [0.4, 0.5) is 0 Å². The summed E-state index contributed by atoms with van der Waals surface area (Å²) >= 11 is 0. The van der Waals surface area contributed by atoms with Crippen molar-refractivity contribution >= 4 is 5.97 Å². The fourth-order valence-corrected chi connectivity index (χ4v) is 1.37. The van der Waals surface area contributed by atoms with Gasteiger partial charge in [0, 0.05) is 6.42 Å². The number of unbranched alkanes of at least 4 members (excludes halogenated alkanes) is 2. The molecule has 0 rings (SSSR count). The first kappa shape index (κ1) is 14.2. The number of rotatable bonds is 8. The maximum atomic E-state index is 11.4. The van der Waals surface area contributed by atoms with Gasteiger partial charge in [0.2, 0.25) is 0 Å². The lowest BCUT2D eigenvalue weighted by atomic mass is 10.1. The standard InChI is InChI=1S/C13H24O2/c1-5-7-8-9-12(6-2)15-13(14)10-11(3)4/h6,11-12H,2,5,7-10H2,1,3-4H3. The van der Waals surface area contributed by atoms with E-state index in [-0.39, 0.29) is 12.1 Å². The Bertz CT molecular complexity index is 185. The number of esters is 1. The highest BCUT2D eigenvalue weighted by atomic mass is 16.5. The maximum absolute atomic E-state index is 11.4. The molecule has 2 nitrogen and oxygen atoms in total. The van der Waals surface area contributed by atoms with Gasteiger partial charge in [-0.15, -0.1) is 0 Å². The average Bonchev–Trinajstić information content (AvgIpc) is 2.15. The van der Waals surface area contributed by atoms with Crippen molar-refractivity contribution in [3.63, 3.8) is 0 Å². The molecule has 0 bridgehead atoms. The third-order valence-corrected chi connectivity index (χ3v) is 2.21. The summed E-state index contributed by atoms with van der Waals surface area (Å²) in [5.41, 5.74) is 0. The fourth-order valence-electron chi connectivity index (χ4n) is 1.37. The fraction of sp³-hybridized carbons (Fsp3) is 0.769. The van der Waals surface area contributed by atoms with Crippen molar-refractivity contribution < 1.29 is 9.53 Å². The van der Waals surface area contributed by atoms with Crippen molar-refractivity contribution in [3.05, 3.63) is 12.7 Å². The Morgan fingerprint density at radius 2 is 2.07 bits per heavy atom. The first-order valence-corrected chi connectivity index (χ1v) is 5.92. The van der Waals surface area contributed by atoms with E-state index in [4.69, 9.17) is 4.74 Å². The highest BCUT2D eigenvalue weighted by Crippen LogP contribution is 2.10. The van der Waals surface area contributed by atoms with Crippen LogP contribution in [0.25, 0.3) is 0 Å². The minimum Gasteiger partial charge on any atom is -0.458 e. The van der Waals surface area contributed by atoms with Crippen LogP contribution >= 0.6 is 0 Å². The average molecular weight is 212 g/mol. The quantitative estimate of drug-likeness (QED) is 0.348. The number of hydrogen-bond acceptors (Lipinski definition) is 2. The molecule has 0 saturated carbocycles. The molecule has 0 aliphatic carbocycles. The molecule has 0 amide bonds. The predicted octanol–water partition coefficient (Wildman–Crippen LogP) is 3.71. The summed E-state index contributed by atoms with van der Waals surface area (Å²) in [7, 11) is 0. The Labute approximate surface area is 93.7 Å². The van der Waals surface area contributed by atoms with Crippen LogP contribution in [0.3, 0.4) is 0 Å². The second kappa shape index (κ2) is 8.51. The van der Waals surface area contributed by atoms with Gasteiger partial charge in [0.1, 0.15) is 6.10 Å². The third-order valence-electron chi connectivity index (χ3n) is 2.21. The Morgan fingerprint density at radius 1 is 1.40 bits per heavy atom. The minimum absolute atomic E-state index is 0.0946. The Morgan fingerprint density at radius 3 is 2.53 bits per heavy atom. The maximum Gasteiger partial charge on any atom is 0.306 e. The van der Waals surface area contributed by atoms with Crippen LogP contribution in [0.2, 0.25) is 0 Å². The Balaban J connectivity index is 3.77. The summed E-state index contributed by atoms with van der Waals surface area (Å²) in [6.07, 6.45) is 6.51. The molecule has 0 aromatic heterocycles. The van der Waals surface area contributed by atoms with E-state index < -0.39 is 0 Å². The molecule has 0 N–H and O–H groups in total. The zero-order valence-corrected chi connectivity index (χ0v) is 10.3. The lowest BCUT2D eigenvalue weighted by molar-refractivity contribution is -0.148. The Hall–Kier alpha value is -0.790. The van der Waals surface area contributed by atoms with E-state index in [9.17, 15) is 4.79 Å². The predicted molar refractivity (Wildman–Crippen MR) is 63.7 cm³/mol. The normalized spacial score (nSPS) is 12.5. The molecule has 0 spiro atoms. The van der Waals surface area contributed by atoms with Gasteiger partial charge in [0.25, 0.3) is 0 Å². The van der Waals surface area contributed by atoms with Crippen LogP contribution in [0, 0.1) is 5.92 Å². The molecule has 1 atom stereocenters. The van der Waals surface area contributed by atoms with Crippen LogP contribution in [0.15, 0.2) is 12.7 Å². The first-order valence-electron chi connectivity index (χ1n) is 5.92. The highest BCUT2D eigenvalue weighted by molar-refractivity contribution is 5.69. The minimum atomic E-state index is -0.105. The number of ether oxygens (including phenoxy) is 1. The summed E-state index contributed by atoms with van der Waals surface area (Å²) in [6.45, 7) is 9.89. The van der Waals surface area contributed by atoms with E-state index in [2.05, 4.69) is 13.5 Å². The van der Waals surface area contributed by atoms with Gasteiger partial charge >= 0.3 is 5.97 Å². The van der Waals surface area contributed by atoms with Crippen molar-refractivity contribution in [2.75, 3.05) is 0 Å². The topological polar surface area (TPSA) is 26.3 Å². The molecule has 1 unspecified atom stereocenters. The molecule has 15 heavy (non-hydrogen) atoms. The van der Waals surface area contributed by atoms with Crippen molar-refractivity contribution in [2.24, 2.45) is 5.92 Å². The zero-order valence-electron chi connectivity index (χ0n) is 10.3. The van der Waals surface area contributed by atoms with E-state index in [0.717, 1.165) is 12.8 Å². The number of hydrogen-bond donors (Lipinski definition) is 0. The molecule has 0 fully saturated rings. The molecule has 0 aliphatic heterocycles. The summed E-state index contributed by atoms with van der Waals surface area (Å²) in [5.74, 6) is 0.255. The third kappa shape index (κ3) is 8.22. The van der Waals surface area contributed by atoms with Crippen LogP contribution in [0.1, 0.15) is 52.9 Å². The SMILES string of the molecule is C=CC(CCCCC)OC(=O)CC(C)C. The monoisotopic (exact) mass is 212 g/mol. The van der Waals surface area contributed by atoms with Crippen LogP contribution in [-0.2, 0) is 9.53 Å². The number of carbonyl (C=O) groups is 1. The molecular weight excluding hydrogens is 188 g/mol. The molecule has 0 aliphatic rings. The molecule has 0 heterocycles. The molecule has 0 radical (unpaired) electrons. The van der Waals surface area contributed by atoms with Gasteiger partial charge in [0.15, 0.2) is 0 Å². The van der Waals surface area contributed by atoms with E-state index in [1.54, 1.807) is 6.08 Å². The van der Waals surface area contributed by atoms with Crippen molar-refractivity contribution in [1.29, 1.82) is 0 Å². The van der Waals surface area contributed by atoms with Crippen LogP contribution in [0.5, 0.6) is 0 Å². The smallest absolute Gasteiger partial charge is 0.306 e. The van der Waals surface area contributed by atoms with E-state index in [1.165, 1.54) is 12.8 Å². The van der Waals surface area contributed by atoms with E-state index in [1.807, 2.05) is 13.8 Å². The van der Waals surface area contributed by atoms with Gasteiger partial charge < -0.3 is 4.74 Å². The second-order valence-corrected chi connectivity index (χ2v) is 4.36. The molecule has 0 saturated heterocycles. The summed E-state index contributed by atoms with van der Waals surface area (Å²) in [4.78, 5) is 11.4. The van der Waals surface area contributed by atoms with Gasteiger partial charge in [-0.3, -0.25) is 4.79 Å². The number of carbonyl (C=O) groups excluding carboxylic acids is 1. The van der Waals surface area contributed by atoms with E-state index in [0.29, 0.717) is 12.3 Å². The molecule has 0 aromatic carbocycles. The van der Waals surface area contributed by atoms with Gasteiger partial charge in [-0.25, -0.2) is 0 Å². The van der Waals surface area contributed by atoms with Gasteiger partial charge in [-0.05, 0) is 18.8 Å². The molecular formula is C13H24O2. The van der Waals surface area contributed by atoms with Crippen LogP contribution < -0.4 is 0 Å². The molecule has 2 heteroatoms. The lowest BCUT2D eigenvalue weighted by Crippen LogP contribution is -2.17. The summed E-state index contributed by atoms with van der Waals surface area (Å²) in [5, 5.41) is 0. The van der Waals surface area contributed by atoms with Crippen molar-refractivity contribution in [2.45, 2.75) is 59.0 Å². The largest absolute Gasteiger partial charge is 0.458 e. The van der Waals surface area contributed by atoms with E-state index >= 15 is 0 Å². The molecule has 0 aromatic rings. The Kier molecular flexibility index (Phi) is 8.06. The van der Waals surface area contributed by atoms with Crippen molar-refractivity contribution in [1.82, 2.24) is 0 Å². The zero-order chi connectivity index (χ0) is 11.7. The van der Waals surface area contributed by atoms with Gasteiger partial charge in [0.05, 0.1) is 0 Å². The van der Waals surface area contributed by atoms with Gasteiger partial charge in [-0.2, -0.15) is 0 Å². The highest BCUT2D eigenvalue weighted by Gasteiger charge is 2.11. The molecule has 88 valence electrons. The summed E-state index contributed by atoms with van der Waals surface area (Å²) in [6, 6.07) is 0. The lowest BCUT2D eigenvalue weighted by Gasteiger charge is -2.14. The van der Waals surface area contributed by atoms with Crippen molar-refractivity contribution in [3.8, 4) is 0 Å². The summed E-state index contributed by atoms with van der Waals surface area (Å²) < 4.78 is 5.30. The van der Waals surface area contributed by atoms with Crippen LogP contribution in [-0.4, -0.2) is 12.1 Å². The first-order chi connectivity index (χ1) is 7.10.